The zero-order chi connectivity index (χ0) is 12.0. The molecule has 2 heterocycles. The Balaban J connectivity index is 2.10. The van der Waals surface area contributed by atoms with Gasteiger partial charge >= 0.3 is 0 Å². The third-order valence-corrected chi connectivity index (χ3v) is 4.34. The van der Waals surface area contributed by atoms with Gasteiger partial charge in [0, 0.05) is 30.3 Å². The summed E-state index contributed by atoms with van der Waals surface area (Å²) in [6.07, 6.45) is 1.02. The van der Waals surface area contributed by atoms with Crippen LogP contribution in [-0.4, -0.2) is 21.6 Å². The summed E-state index contributed by atoms with van der Waals surface area (Å²) in [5, 5.41) is 8.44. The Labute approximate surface area is 100 Å². The highest BCUT2D eigenvalue weighted by Crippen LogP contribution is 2.42. The average Bonchev–Trinajstić information content (AvgIpc) is 2.75. The molecule has 1 saturated heterocycles. The van der Waals surface area contributed by atoms with Crippen molar-refractivity contribution in [2.24, 2.45) is 11.1 Å². The minimum atomic E-state index is -3.65. The van der Waals surface area contributed by atoms with Crippen molar-refractivity contribution in [3.63, 3.8) is 0 Å². The van der Waals surface area contributed by atoms with Gasteiger partial charge in [0.2, 0.25) is 10.0 Å². The molecule has 3 rings (SSSR count). The monoisotopic (exact) mass is 254 g/mol. The van der Waals surface area contributed by atoms with Crippen LogP contribution in [0.3, 0.4) is 0 Å². The number of hydrogen-bond acceptors (Lipinski definition) is 4. The summed E-state index contributed by atoms with van der Waals surface area (Å²) < 4.78 is 28.3. The molecule has 2 aliphatic rings. The zero-order valence-electron chi connectivity index (χ0n) is 9.22. The second-order valence-corrected chi connectivity index (χ2v) is 6.08. The Kier molecular flexibility index (Phi) is 2.39. The first-order valence-corrected chi connectivity index (χ1v) is 7.12. The quantitative estimate of drug-likeness (QED) is 0.778. The second-order valence-electron chi connectivity index (χ2n) is 4.52. The van der Waals surface area contributed by atoms with E-state index in [-0.39, 0.29) is 11.0 Å². The largest absolute Gasteiger partial charge is 0.384 e. The van der Waals surface area contributed by atoms with Crippen LogP contribution in [0.1, 0.15) is 18.1 Å². The van der Waals surface area contributed by atoms with Crippen molar-refractivity contribution in [2.45, 2.75) is 17.4 Å². The van der Waals surface area contributed by atoms with Crippen molar-refractivity contribution in [3.05, 3.63) is 23.8 Å². The van der Waals surface area contributed by atoms with Gasteiger partial charge < -0.3 is 10.1 Å². The Morgan fingerprint density at radius 3 is 3.00 bits per heavy atom. The standard InChI is InChI=1S/C11H14N2O3S/c12-17(14,15)8-1-2-10-9(5-8)11-7(6-13-10)3-4-16-11/h1-2,5,7,11,13H,3-4,6H2,(H2,12,14,15)/t7-,11-/m0/s1. The van der Waals surface area contributed by atoms with Gasteiger partial charge in [0.25, 0.3) is 0 Å². The van der Waals surface area contributed by atoms with Crippen molar-refractivity contribution < 1.29 is 13.2 Å². The van der Waals surface area contributed by atoms with Gasteiger partial charge in [-0.1, -0.05) is 0 Å². The number of hydrogen-bond donors (Lipinski definition) is 2. The van der Waals surface area contributed by atoms with E-state index in [9.17, 15) is 8.42 Å². The average molecular weight is 254 g/mol. The maximum absolute atomic E-state index is 11.3. The molecule has 0 spiro atoms. The molecule has 6 heteroatoms. The van der Waals surface area contributed by atoms with Crippen molar-refractivity contribution in [1.29, 1.82) is 0 Å². The van der Waals surface area contributed by atoms with Gasteiger partial charge in [-0.25, -0.2) is 13.6 Å². The summed E-state index contributed by atoms with van der Waals surface area (Å²) in [6.45, 7) is 1.61. The van der Waals surface area contributed by atoms with E-state index in [1.165, 1.54) is 6.07 Å². The van der Waals surface area contributed by atoms with E-state index in [1.807, 2.05) is 0 Å². The van der Waals surface area contributed by atoms with E-state index >= 15 is 0 Å². The van der Waals surface area contributed by atoms with E-state index < -0.39 is 10.0 Å². The highest BCUT2D eigenvalue weighted by molar-refractivity contribution is 7.89. The summed E-state index contributed by atoms with van der Waals surface area (Å²) in [4.78, 5) is 0.147. The highest BCUT2D eigenvalue weighted by Gasteiger charge is 2.35. The number of primary sulfonamides is 1. The SMILES string of the molecule is NS(=O)(=O)c1ccc2c(c1)[C@H]1OCC[C@H]1CN2. The number of nitrogens with one attached hydrogen (secondary N) is 1. The van der Waals surface area contributed by atoms with Gasteiger partial charge in [0.15, 0.2) is 0 Å². The van der Waals surface area contributed by atoms with E-state index in [0.29, 0.717) is 5.92 Å². The van der Waals surface area contributed by atoms with E-state index in [0.717, 1.165) is 30.8 Å². The van der Waals surface area contributed by atoms with Crippen LogP contribution >= 0.6 is 0 Å². The van der Waals surface area contributed by atoms with Gasteiger partial charge in [0.05, 0.1) is 11.0 Å². The van der Waals surface area contributed by atoms with Crippen molar-refractivity contribution >= 4 is 15.7 Å². The number of benzene rings is 1. The second kappa shape index (κ2) is 3.69. The molecule has 0 aliphatic carbocycles. The van der Waals surface area contributed by atoms with Crippen molar-refractivity contribution in [3.8, 4) is 0 Å². The molecule has 92 valence electrons. The molecule has 3 N–H and O–H groups in total. The first kappa shape index (κ1) is 11.0. The number of ether oxygens (including phenoxy) is 1. The Bertz CT molecular complexity index is 556. The lowest BCUT2D eigenvalue weighted by Gasteiger charge is -2.28. The third-order valence-electron chi connectivity index (χ3n) is 3.43. The molecular weight excluding hydrogens is 240 g/mol. The van der Waals surface area contributed by atoms with Crippen LogP contribution in [-0.2, 0) is 14.8 Å². The molecule has 5 nitrogen and oxygen atoms in total. The van der Waals surface area contributed by atoms with Crippen LogP contribution in [0, 0.1) is 5.92 Å². The number of anilines is 1. The van der Waals surface area contributed by atoms with Crippen molar-refractivity contribution in [2.75, 3.05) is 18.5 Å². The number of nitrogens with two attached hydrogens (primary N) is 1. The van der Waals surface area contributed by atoms with E-state index in [4.69, 9.17) is 9.88 Å². The normalized spacial score (nSPS) is 27.1. The van der Waals surface area contributed by atoms with E-state index in [1.54, 1.807) is 12.1 Å². The van der Waals surface area contributed by atoms with Crippen LogP contribution in [0.5, 0.6) is 0 Å². The van der Waals surface area contributed by atoms with Crippen LogP contribution < -0.4 is 10.5 Å². The molecule has 0 bridgehead atoms. The molecule has 0 radical (unpaired) electrons. The fourth-order valence-electron chi connectivity index (χ4n) is 2.54. The van der Waals surface area contributed by atoms with Crippen LogP contribution in [0.2, 0.25) is 0 Å². The summed E-state index contributed by atoms with van der Waals surface area (Å²) >= 11 is 0. The molecule has 2 aliphatic heterocycles. The highest BCUT2D eigenvalue weighted by atomic mass is 32.2. The predicted molar refractivity (Wildman–Crippen MR) is 63.1 cm³/mol. The van der Waals surface area contributed by atoms with Crippen LogP contribution in [0.25, 0.3) is 0 Å². The van der Waals surface area contributed by atoms with Gasteiger partial charge in [-0.2, -0.15) is 0 Å². The van der Waals surface area contributed by atoms with Gasteiger partial charge in [0.1, 0.15) is 0 Å². The summed E-state index contributed by atoms with van der Waals surface area (Å²) in [5.74, 6) is 0.429. The maximum atomic E-state index is 11.3. The smallest absolute Gasteiger partial charge is 0.238 e. The molecular formula is C11H14N2O3S. The fraction of sp³-hybridized carbons (Fsp3) is 0.455. The summed E-state index contributed by atoms with van der Waals surface area (Å²) in [6, 6.07) is 4.91. The number of fused-ring (bicyclic) bond motifs is 3. The first-order valence-electron chi connectivity index (χ1n) is 5.58. The van der Waals surface area contributed by atoms with Crippen LogP contribution in [0.15, 0.2) is 23.1 Å². The van der Waals surface area contributed by atoms with E-state index in [2.05, 4.69) is 5.32 Å². The van der Waals surface area contributed by atoms with Gasteiger partial charge in [-0.15, -0.1) is 0 Å². The zero-order valence-corrected chi connectivity index (χ0v) is 10.0. The minimum Gasteiger partial charge on any atom is -0.384 e. The number of rotatable bonds is 1. The topological polar surface area (TPSA) is 81.4 Å². The number of sulfonamides is 1. The minimum absolute atomic E-state index is 0.00736. The maximum Gasteiger partial charge on any atom is 0.238 e. The molecule has 1 fully saturated rings. The summed E-state index contributed by atoms with van der Waals surface area (Å²) in [7, 11) is -3.65. The van der Waals surface area contributed by atoms with Crippen LogP contribution in [0.4, 0.5) is 5.69 Å². The molecule has 1 aromatic rings. The lowest BCUT2D eigenvalue weighted by atomic mass is 9.91. The lowest BCUT2D eigenvalue weighted by molar-refractivity contribution is 0.0911. The Morgan fingerprint density at radius 1 is 1.41 bits per heavy atom. The molecule has 0 amide bonds. The molecule has 0 unspecified atom stereocenters. The Hall–Kier alpha value is -1.11. The molecule has 0 aromatic heterocycles. The summed E-state index contributed by atoms with van der Waals surface area (Å²) in [5.41, 5.74) is 1.85. The van der Waals surface area contributed by atoms with Gasteiger partial charge in [-0.3, -0.25) is 0 Å². The predicted octanol–water partition coefficient (Wildman–Crippen LogP) is 0.837. The molecule has 2 atom stereocenters. The molecule has 1 aromatic carbocycles. The first-order chi connectivity index (χ1) is 8.05. The third kappa shape index (κ3) is 1.82. The molecule has 0 saturated carbocycles. The fourth-order valence-corrected chi connectivity index (χ4v) is 3.09. The van der Waals surface area contributed by atoms with Gasteiger partial charge in [-0.05, 0) is 24.6 Å². The van der Waals surface area contributed by atoms with Crippen molar-refractivity contribution in [1.82, 2.24) is 0 Å². The molecule has 17 heavy (non-hydrogen) atoms. The lowest BCUT2D eigenvalue weighted by Crippen LogP contribution is -2.25. The Morgan fingerprint density at radius 2 is 2.24 bits per heavy atom.